The third-order valence-electron chi connectivity index (χ3n) is 4.02. The Hall–Kier alpha value is -2.82. The van der Waals surface area contributed by atoms with Gasteiger partial charge >= 0.3 is 0 Å². The number of ether oxygens (including phenoxy) is 1. The lowest BCUT2D eigenvalue weighted by Crippen LogP contribution is -2.34. The second-order valence-corrected chi connectivity index (χ2v) is 5.66. The van der Waals surface area contributed by atoms with Crippen molar-refractivity contribution in [1.29, 1.82) is 0 Å². The van der Waals surface area contributed by atoms with Crippen molar-refractivity contribution in [2.45, 2.75) is 26.9 Å². The zero-order valence-corrected chi connectivity index (χ0v) is 13.3. The zero-order valence-electron chi connectivity index (χ0n) is 13.3. The zero-order chi connectivity index (χ0) is 16.6. The Morgan fingerprint density at radius 3 is 2.78 bits per heavy atom. The first-order valence-electron chi connectivity index (χ1n) is 7.45. The number of nitrogens with one attached hydrogen (secondary N) is 2. The van der Waals surface area contributed by atoms with E-state index in [0.29, 0.717) is 22.7 Å². The smallest absolute Gasteiger partial charge is 0.265 e. The number of fused-ring (bicyclic) bond motifs is 1. The predicted molar refractivity (Wildman–Crippen MR) is 89.0 cm³/mol. The van der Waals surface area contributed by atoms with Crippen LogP contribution in [-0.2, 0) is 4.79 Å². The minimum atomic E-state index is -0.516. The maximum absolute atomic E-state index is 12.4. The van der Waals surface area contributed by atoms with Crippen LogP contribution in [0.5, 0.6) is 5.75 Å². The molecule has 0 fully saturated rings. The van der Waals surface area contributed by atoms with Gasteiger partial charge in [-0.05, 0) is 56.2 Å². The monoisotopic (exact) mass is 310 g/mol. The lowest BCUT2D eigenvalue weighted by Gasteiger charge is -2.23. The van der Waals surface area contributed by atoms with Crippen molar-refractivity contribution < 1.29 is 14.3 Å². The number of anilines is 2. The summed E-state index contributed by atoms with van der Waals surface area (Å²) in [4.78, 5) is 24.1. The number of carbonyl (C=O) groups is 2. The summed E-state index contributed by atoms with van der Waals surface area (Å²) < 4.78 is 5.50. The van der Waals surface area contributed by atoms with Crippen LogP contribution in [0, 0.1) is 13.8 Å². The Morgan fingerprint density at radius 2 is 2.00 bits per heavy atom. The highest BCUT2D eigenvalue weighted by Crippen LogP contribution is 2.32. The van der Waals surface area contributed by atoms with Crippen LogP contribution >= 0.6 is 0 Å². The Morgan fingerprint density at radius 1 is 1.22 bits per heavy atom. The molecule has 1 heterocycles. The molecule has 0 unspecified atom stereocenters. The lowest BCUT2D eigenvalue weighted by atomic mass is 10.0. The van der Waals surface area contributed by atoms with Gasteiger partial charge in [0.25, 0.3) is 11.8 Å². The number of amides is 2. The minimum Gasteiger partial charge on any atom is -0.479 e. The lowest BCUT2D eigenvalue weighted by molar-refractivity contribution is -0.122. The van der Waals surface area contributed by atoms with Gasteiger partial charge in [0.15, 0.2) is 6.10 Å². The van der Waals surface area contributed by atoms with E-state index in [1.165, 1.54) is 0 Å². The van der Waals surface area contributed by atoms with E-state index in [-0.39, 0.29) is 11.8 Å². The van der Waals surface area contributed by atoms with Crippen LogP contribution in [-0.4, -0.2) is 17.9 Å². The van der Waals surface area contributed by atoms with Gasteiger partial charge in [0.1, 0.15) is 5.75 Å². The number of benzene rings is 2. The first-order valence-corrected chi connectivity index (χ1v) is 7.45. The molecule has 1 atom stereocenters. The maximum atomic E-state index is 12.4. The first-order chi connectivity index (χ1) is 11.0. The average molecular weight is 310 g/mol. The molecule has 2 aromatic rings. The molecule has 0 bridgehead atoms. The molecule has 1 aliphatic heterocycles. The van der Waals surface area contributed by atoms with Crippen molar-refractivity contribution in [1.82, 2.24) is 0 Å². The number of aryl methyl sites for hydroxylation is 1. The molecule has 23 heavy (non-hydrogen) atoms. The predicted octanol–water partition coefficient (Wildman–Crippen LogP) is 3.28. The highest BCUT2D eigenvalue weighted by Gasteiger charge is 2.23. The summed E-state index contributed by atoms with van der Waals surface area (Å²) in [6.07, 6.45) is -0.516. The second-order valence-electron chi connectivity index (χ2n) is 5.66. The molecular weight excluding hydrogens is 292 g/mol. The van der Waals surface area contributed by atoms with Gasteiger partial charge in [0.05, 0.1) is 5.69 Å². The van der Waals surface area contributed by atoms with Crippen LogP contribution in [0.25, 0.3) is 0 Å². The molecule has 5 heteroatoms. The van der Waals surface area contributed by atoms with Crippen LogP contribution in [0.1, 0.15) is 28.4 Å². The third kappa shape index (κ3) is 2.90. The van der Waals surface area contributed by atoms with Gasteiger partial charge in [-0.25, -0.2) is 0 Å². The molecule has 0 aliphatic carbocycles. The van der Waals surface area contributed by atoms with E-state index in [4.69, 9.17) is 4.74 Å². The van der Waals surface area contributed by atoms with E-state index < -0.39 is 6.10 Å². The van der Waals surface area contributed by atoms with Crippen LogP contribution in [0.15, 0.2) is 36.4 Å². The minimum absolute atomic E-state index is 0.178. The number of hydrogen-bond acceptors (Lipinski definition) is 3. The van der Waals surface area contributed by atoms with E-state index in [9.17, 15) is 9.59 Å². The van der Waals surface area contributed by atoms with Crippen molar-refractivity contribution in [3.8, 4) is 5.75 Å². The van der Waals surface area contributed by atoms with E-state index in [0.717, 1.165) is 11.1 Å². The molecular formula is C18H18N2O3. The Labute approximate surface area is 134 Å². The number of hydrogen-bond donors (Lipinski definition) is 2. The molecule has 1 aliphatic rings. The van der Waals surface area contributed by atoms with Crippen molar-refractivity contribution in [3.05, 3.63) is 53.1 Å². The van der Waals surface area contributed by atoms with Gasteiger partial charge in [-0.2, -0.15) is 0 Å². The van der Waals surface area contributed by atoms with Gasteiger partial charge in [-0.15, -0.1) is 0 Å². The van der Waals surface area contributed by atoms with E-state index in [2.05, 4.69) is 10.6 Å². The normalized spacial score (nSPS) is 16.1. The summed E-state index contributed by atoms with van der Waals surface area (Å²) in [5, 5.41) is 5.62. The fourth-order valence-electron chi connectivity index (χ4n) is 2.48. The molecule has 118 valence electrons. The third-order valence-corrected chi connectivity index (χ3v) is 4.02. The molecule has 2 amide bonds. The molecule has 3 rings (SSSR count). The molecule has 0 radical (unpaired) electrons. The van der Waals surface area contributed by atoms with Crippen LogP contribution in [0.2, 0.25) is 0 Å². The topological polar surface area (TPSA) is 67.4 Å². The van der Waals surface area contributed by atoms with Gasteiger partial charge in [-0.1, -0.05) is 12.1 Å². The van der Waals surface area contributed by atoms with E-state index >= 15 is 0 Å². The van der Waals surface area contributed by atoms with Crippen molar-refractivity contribution >= 4 is 23.2 Å². The molecule has 0 spiro atoms. The fourth-order valence-corrected chi connectivity index (χ4v) is 2.48. The molecule has 2 N–H and O–H groups in total. The molecule has 0 saturated heterocycles. The Balaban J connectivity index is 1.84. The molecule has 5 nitrogen and oxygen atoms in total. The maximum Gasteiger partial charge on any atom is 0.265 e. The second kappa shape index (κ2) is 5.76. The van der Waals surface area contributed by atoms with Crippen molar-refractivity contribution in [2.24, 2.45) is 0 Å². The van der Waals surface area contributed by atoms with E-state index in [1.807, 2.05) is 26.0 Å². The Bertz CT molecular complexity index is 799. The Kier molecular flexibility index (Phi) is 3.78. The fraction of sp³-hybridized carbons (Fsp3) is 0.222. The van der Waals surface area contributed by atoms with Crippen LogP contribution in [0.4, 0.5) is 11.4 Å². The molecule has 2 aromatic carbocycles. The summed E-state index contributed by atoms with van der Waals surface area (Å²) >= 11 is 0. The quantitative estimate of drug-likeness (QED) is 0.894. The molecule has 0 saturated carbocycles. The summed E-state index contributed by atoms with van der Waals surface area (Å²) in [5.41, 5.74) is 3.82. The van der Waals surface area contributed by atoms with Crippen molar-refractivity contribution in [2.75, 3.05) is 10.6 Å². The first kappa shape index (κ1) is 15.1. The van der Waals surface area contributed by atoms with Crippen LogP contribution in [0.3, 0.4) is 0 Å². The number of rotatable bonds is 2. The average Bonchev–Trinajstić information content (AvgIpc) is 2.51. The summed E-state index contributed by atoms with van der Waals surface area (Å²) in [5.74, 6) is 0.222. The molecule has 0 aromatic heterocycles. The van der Waals surface area contributed by atoms with Crippen molar-refractivity contribution in [3.63, 3.8) is 0 Å². The van der Waals surface area contributed by atoms with Gasteiger partial charge in [0, 0.05) is 11.3 Å². The summed E-state index contributed by atoms with van der Waals surface area (Å²) in [6.45, 7) is 5.58. The SMILES string of the molecule is Cc1cccc(C(=O)Nc2ccc3c(c2)NC(=O)[C@@H](C)O3)c1C. The summed E-state index contributed by atoms with van der Waals surface area (Å²) in [7, 11) is 0. The summed E-state index contributed by atoms with van der Waals surface area (Å²) in [6, 6.07) is 10.8. The van der Waals surface area contributed by atoms with E-state index in [1.54, 1.807) is 31.2 Å². The number of carbonyl (C=O) groups excluding carboxylic acids is 2. The largest absolute Gasteiger partial charge is 0.479 e. The van der Waals surface area contributed by atoms with Gasteiger partial charge < -0.3 is 15.4 Å². The highest BCUT2D eigenvalue weighted by molar-refractivity contribution is 6.06. The van der Waals surface area contributed by atoms with Gasteiger partial charge in [0.2, 0.25) is 0 Å². The highest BCUT2D eigenvalue weighted by atomic mass is 16.5. The van der Waals surface area contributed by atoms with Crippen LogP contribution < -0.4 is 15.4 Å². The van der Waals surface area contributed by atoms with Gasteiger partial charge in [-0.3, -0.25) is 9.59 Å². The standard InChI is InChI=1S/C18H18N2O3/c1-10-5-4-6-14(11(10)2)18(22)19-13-7-8-16-15(9-13)20-17(21)12(3)23-16/h4-9,12H,1-3H3,(H,19,22)(H,20,21)/t12-/m1/s1.